The normalized spacial score (nSPS) is 11.1. The summed E-state index contributed by atoms with van der Waals surface area (Å²) < 4.78 is 1.84. The van der Waals surface area contributed by atoms with Crippen molar-refractivity contribution in [2.45, 2.75) is 20.3 Å². The fourth-order valence-electron chi connectivity index (χ4n) is 2.02. The lowest BCUT2D eigenvalue weighted by atomic mass is 10.1. The zero-order chi connectivity index (χ0) is 13.1. The Balaban J connectivity index is 2.17. The molecule has 0 saturated heterocycles. The lowest BCUT2D eigenvalue weighted by Crippen LogP contribution is -2.14. The van der Waals surface area contributed by atoms with Crippen molar-refractivity contribution in [3.05, 3.63) is 36.5 Å². The Morgan fingerprint density at radius 1 is 1.44 bits per heavy atom. The molecule has 0 spiro atoms. The van der Waals surface area contributed by atoms with Crippen molar-refractivity contribution < 1.29 is 0 Å². The second-order valence-electron chi connectivity index (χ2n) is 5.13. The van der Waals surface area contributed by atoms with Crippen LogP contribution in [0.1, 0.15) is 25.8 Å². The smallest absolute Gasteiger partial charge is 0.102 e. The Morgan fingerprint density at radius 3 is 2.94 bits per heavy atom. The highest BCUT2D eigenvalue weighted by atomic mass is 15.2. The average Bonchev–Trinajstić information content (AvgIpc) is 2.67. The predicted octanol–water partition coefficient (Wildman–Crippen LogP) is 3.18. The van der Waals surface area contributed by atoms with Gasteiger partial charge in [0.25, 0.3) is 0 Å². The van der Waals surface area contributed by atoms with Gasteiger partial charge >= 0.3 is 0 Å². The summed E-state index contributed by atoms with van der Waals surface area (Å²) in [5, 5.41) is 9.04. The van der Waals surface area contributed by atoms with Gasteiger partial charge in [0.2, 0.25) is 0 Å². The molecule has 0 bridgehead atoms. The molecule has 0 atom stereocenters. The van der Waals surface area contributed by atoms with E-state index in [0.29, 0.717) is 5.92 Å². The molecule has 18 heavy (non-hydrogen) atoms. The summed E-state index contributed by atoms with van der Waals surface area (Å²) in [6.45, 7) is 9.53. The van der Waals surface area contributed by atoms with Crippen molar-refractivity contribution in [2.75, 3.05) is 6.54 Å². The van der Waals surface area contributed by atoms with Crippen molar-refractivity contribution in [2.24, 2.45) is 13.0 Å². The number of nitrogens with zero attached hydrogens (tertiary/aromatic N) is 2. The molecule has 0 saturated carbocycles. The monoisotopic (exact) mass is 243 g/mol. The molecule has 1 aromatic carbocycles. The Hall–Kier alpha value is -1.77. The molecule has 96 valence electrons. The topological polar surface area (TPSA) is 29.9 Å². The standard InChI is InChI=1S/C15H21N3/c1-11(2)8-9-16-12(3)14-7-5-6-13-10-18(4)17-15(13)14/h5-7,10-11,16H,3,8-9H2,1-2,4H3. The first-order chi connectivity index (χ1) is 8.58. The minimum atomic E-state index is 0.705. The van der Waals surface area contributed by atoms with Crippen LogP contribution in [0.4, 0.5) is 0 Å². The number of hydrogen-bond donors (Lipinski definition) is 1. The van der Waals surface area contributed by atoms with Crippen LogP contribution in [0.3, 0.4) is 0 Å². The third-order valence-corrected chi connectivity index (χ3v) is 3.04. The van der Waals surface area contributed by atoms with Gasteiger partial charge in [-0.2, -0.15) is 5.10 Å². The molecule has 0 unspecified atom stereocenters. The number of nitrogens with one attached hydrogen (secondary N) is 1. The Labute approximate surface area is 109 Å². The van der Waals surface area contributed by atoms with E-state index in [4.69, 9.17) is 0 Å². The Bertz CT molecular complexity index is 552. The van der Waals surface area contributed by atoms with E-state index < -0.39 is 0 Å². The molecule has 0 radical (unpaired) electrons. The van der Waals surface area contributed by atoms with E-state index in [9.17, 15) is 0 Å². The van der Waals surface area contributed by atoms with Crippen LogP contribution < -0.4 is 5.32 Å². The van der Waals surface area contributed by atoms with Gasteiger partial charge in [0, 0.05) is 36.4 Å². The molecule has 2 rings (SSSR count). The third-order valence-electron chi connectivity index (χ3n) is 3.04. The maximum absolute atomic E-state index is 4.49. The van der Waals surface area contributed by atoms with E-state index in [1.807, 2.05) is 17.9 Å². The Kier molecular flexibility index (Phi) is 3.70. The fourth-order valence-corrected chi connectivity index (χ4v) is 2.02. The molecule has 0 aliphatic carbocycles. The Morgan fingerprint density at radius 2 is 2.22 bits per heavy atom. The molecule has 3 heteroatoms. The van der Waals surface area contributed by atoms with Gasteiger partial charge in [0.1, 0.15) is 5.52 Å². The first-order valence-corrected chi connectivity index (χ1v) is 6.43. The number of aromatic nitrogens is 2. The molecule has 1 N–H and O–H groups in total. The van der Waals surface area contributed by atoms with Crippen LogP contribution in [0.15, 0.2) is 31.0 Å². The molecule has 1 aromatic heterocycles. The molecule has 1 heterocycles. The fraction of sp³-hybridized carbons (Fsp3) is 0.400. The molecule has 3 nitrogen and oxygen atoms in total. The highest BCUT2D eigenvalue weighted by Crippen LogP contribution is 2.21. The highest BCUT2D eigenvalue weighted by molar-refractivity contribution is 5.89. The minimum Gasteiger partial charge on any atom is -0.385 e. The average molecular weight is 243 g/mol. The quantitative estimate of drug-likeness (QED) is 0.874. The van der Waals surface area contributed by atoms with E-state index in [2.05, 4.69) is 49.0 Å². The maximum Gasteiger partial charge on any atom is 0.102 e. The van der Waals surface area contributed by atoms with E-state index in [-0.39, 0.29) is 0 Å². The molecule has 0 aliphatic rings. The highest BCUT2D eigenvalue weighted by Gasteiger charge is 2.07. The summed E-state index contributed by atoms with van der Waals surface area (Å²) in [7, 11) is 1.94. The van der Waals surface area contributed by atoms with Gasteiger partial charge in [-0.15, -0.1) is 0 Å². The van der Waals surface area contributed by atoms with Gasteiger partial charge in [0.15, 0.2) is 0 Å². The van der Waals surface area contributed by atoms with E-state index in [1.165, 1.54) is 0 Å². The van der Waals surface area contributed by atoms with Gasteiger partial charge in [0.05, 0.1) is 0 Å². The zero-order valence-electron chi connectivity index (χ0n) is 11.4. The minimum absolute atomic E-state index is 0.705. The van der Waals surface area contributed by atoms with Gasteiger partial charge in [-0.1, -0.05) is 38.6 Å². The summed E-state index contributed by atoms with van der Waals surface area (Å²) in [5.74, 6) is 0.705. The van der Waals surface area contributed by atoms with Gasteiger partial charge in [-0.25, -0.2) is 0 Å². The first kappa shape index (κ1) is 12.7. The van der Waals surface area contributed by atoms with Crippen LogP contribution in [-0.2, 0) is 7.05 Å². The maximum atomic E-state index is 4.49. The lowest BCUT2D eigenvalue weighted by molar-refractivity contribution is 0.575. The summed E-state index contributed by atoms with van der Waals surface area (Å²) in [5.41, 5.74) is 3.07. The van der Waals surface area contributed by atoms with E-state index >= 15 is 0 Å². The number of fused-ring (bicyclic) bond motifs is 1. The summed E-state index contributed by atoms with van der Waals surface area (Å²) in [4.78, 5) is 0. The molecule has 0 fully saturated rings. The molecular formula is C15H21N3. The lowest BCUT2D eigenvalue weighted by Gasteiger charge is -2.11. The van der Waals surface area contributed by atoms with Crippen molar-refractivity contribution in [1.82, 2.24) is 15.1 Å². The summed E-state index contributed by atoms with van der Waals surface area (Å²) >= 11 is 0. The summed E-state index contributed by atoms with van der Waals surface area (Å²) in [6.07, 6.45) is 3.18. The van der Waals surface area contributed by atoms with Gasteiger partial charge < -0.3 is 5.32 Å². The van der Waals surface area contributed by atoms with Crippen LogP contribution in [0.5, 0.6) is 0 Å². The number of aryl methyl sites for hydroxylation is 1. The largest absolute Gasteiger partial charge is 0.385 e. The number of rotatable bonds is 5. The van der Waals surface area contributed by atoms with Crippen LogP contribution in [-0.4, -0.2) is 16.3 Å². The second-order valence-corrected chi connectivity index (χ2v) is 5.13. The van der Waals surface area contributed by atoms with Crippen molar-refractivity contribution >= 4 is 16.6 Å². The number of hydrogen-bond acceptors (Lipinski definition) is 2. The zero-order valence-corrected chi connectivity index (χ0v) is 11.4. The molecule has 2 aromatic rings. The van der Waals surface area contributed by atoms with Gasteiger partial charge in [-0.05, 0) is 12.3 Å². The van der Waals surface area contributed by atoms with Crippen LogP contribution in [0.25, 0.3) is 16.6 Å². The van der Waals surface area contributed by atoms with Crippen LogP contribution in [0.2, 0.25) is 0 Å². The predicted molar refractivity (Wildman–Crippen MR) is 77.2 cm³/mol. The van der Waals surface area contributed by atoms with Crippen LogP contribution >= 0.6 is 0 Å². The van der Waals surface area contributed by atoms with Gasteiger partial charge in [-0.3, -0.25) is 4.68 Å². The molecule has 0 amide bonds. The van der Waals surface area contributed by atoms with E-state index in [0.717, 1.165) is 35.1 Å². The van der Waals surface area contributed by atoms with Crippen LogP contribution in [0, 0.1) is 5.92 Å². The van der Waals surface area contributed by atoms with Crippen molar-refractivity contribution in [1.29, 1.82) is 0 Å². The second kappa shape index (κ2) is 5.25. The SMILES string of the molecule is C=C(NCCC(C)C)c1cccc2cn(C)nc12. The van der Waals surface area contributed by atoms with E-state index in [1.54, 1.807) is 0 Å². The summed E-state index contributed by atoms with van der Waals surface area (Å²) in [6, 6.07) is 6.20. The third kappa shape index (κ3) is 2.73. The number of benzene rings is 1. The molecule has 0 aliphatic heterocycles. The molecular weight excluding hydrogens is 222 g/mol. The first-order valence-electron chi connectivity index (χ1n) is 6.43. The van der Waals surface area contributed by atoms with Crippen molar-refractivity contribution in [3.8, 4) is 0 Å². The van der Waals surface area contributed by atoms with Crippen molar-refractivity contribution in [3.63, 3.8) is 0 Å².